The minimum absolute atomic E-state index is 0.00245. The highest BCUT2D eigenvalue weighted by atomic mass is 19.3. The van der Waals surface area contributed by atoms with Gasteiger partial charge in [0.2, 0.25) is 0 Å². The first-order valence-corrected chi connectivity index (χ1v) is 6.41. The number of aryl methyl sites for hydroxylation is 1. The molecule has 2 nitrogen and oxygen atoms in total. The Morgan fingerprint density at radius 3 is 2.83 bits per heavy atom. The van der Waals surface area contributed by atoms with Gasteiger partial charge < -0.3 is 5.73 Å². The Morgan fingerprint density at radius 1 is 1.39 bits per heavy atom. The maximum Gasteiger partial charge on any atom is 0.251 e. The molecule has 0 fully saturated rings. The number of hydrogen-bond acceptors (Lipinski definition) is 2. The van der Waals surface area contributed by atoms with E-state index in [9.17, 15) is 8.78 Å². The second-order valence-electron chi connectivity index (χ2n) is 5.01. The molecule has 0 saturated carbocycles. The molecule has 0 aromatic heterocycles. The van der Waals surface area contributed by atoms with Gasteiger partial charge in [0.15, 0.2) is 0 Å². The van der Waals surface area contributed by atoms with E-state index in [-0.39, 0.29) is 18.6 Å². The van der Waals surface area contributed by atoms with E-state index in [1.165, 1.54) is 5.56 Å². The highest BCUT2D eigenvalue weighted by Crippen LogP contribution is 2.29. The van der Waals surface area contributed by atoms with E-state index in [0.29, 0.717) is 0 Å². The van der Waals surface area contributed by atoms with Crippen LogP contribution in [0.1, 0.15) is 30.0 Å². The molecule has 0 bridgehead atoms. The smallest absolute Gasteiger partial charge is 0.251 e. The van der Waals surface area contributed by atoms with Crippen molar-refractivity contribution in [2.24, 2.45) is 5.73 Å². The summed E-state index contributed by atoms with van der Waals surface area (Å²) in [4.78, 5) is 1.71. The first-order valence-electron chi connectivity index (χ1n) is 6.41. The molecule has 0 heterocycles. The second kappa shape index (κ2) is 5.76. The fourth-order valence-corrected chi connectivity index (χ4v) is 2.82. The van der Waals surface area contributed by atoms with Crippen LogP contribution in [0.3, 0.4) is 0 Å². The van der Waals surface area contributed by atoms with Gasteiger partial charge in [-0.15, -0.1) is 0 Å². The average molecular weight is 254 g/mol. The molecule has 1 aliphatic rings. The normalized spacial score (nSPS) is 24.1. The molecule has 2 atom stereocenters. The van der Waals surface area contributed by atoms with Gasteiger partial charge in [0.1, 0.15) is 0 Å². The Hall–Kier alpha value is -1.00. The summed E-state index contributed by atoms with van der Waals surface area (Å²) < 4.78 is 25.0. The lowest BCUT2D eigenvalue weighted by Crippen LogP contribution is -2.42. The van der Waals surface area contributed by atoms with Gasteiger partial charge in [0.25, 0.3) is 6.43 Å². The zero-order valence-corrected chi connectivity index (χ0v) is 10.7. The molecule has 4 heteroatoms. The number of alkyl halides is 2. The third-order valence-electron chi connectivity index (χ3n) is 3.77. The van der Waals surface area contributed by atoms with Crippen molar-refractivity contribution in [1.29, 1.82) is 0 Å². The Bertz CT molecular complexity index is 395. The number of nitrogens with zero attached hydrogens (tertiary/aromatic N) is 1. The highest BCUT2D eigenvalue weighted by Gasteiger charge is 2.28. The number of likely N-dealkylation sites (N-methyl/N-ethyl adjacent to an activating group) is 1. The molecule has 0 spiro atoms. The van der Waals surface area contributed by atoms with Crippen molar-refractivity contribution in [1.82, 2.24) is 4.90 Å². The van der Waals surface area contributed by atoms with Crippen molar-refractivity contribution in [3.63, 3.8) is 0 Å². The predicted octanol–water partition coefficient (Wildman–Crippen LogP) is 2.59. The molecule has 0 aliphatic heterocycles. The van der Waals surface area contributed by atoms with Crippen molar-refractivity contribution < 1.29 is 8.78 Å². The van der Waals surface area contributed by atoms with E-state index in [0.717, 1.165) is 24.8 Å². The predicted molar refractivity (Wildman–Crippen MR) is 68.7 cm³/mol. The number of fused-ring (bicyclic) bond motifs is 1. The summed E-state index contributed by atoms with van der Waals surface area (Å²) in [6, 6.07) is 7.91. The van der Waals surface area contributed by atoms with Gasteiger partial charge >= 0.3 is 0 Å². The Labute approximate surface area is 107 Å². The molecular weight excluding hydrogens is 234 g/mol. The summed E-state index contributed by atoms with van der Waals surface area (Å²) in [5.74, 6) is 0. The summed E-state index contributed by atoms with van der Waals surface area (Å²) >= 11 is 0. The van der Waals surface area contributed by atoms with Crippen molar-refractivity contribution in [2.45, 2.75) is 37.8 Å². The van der Waals surface area contributed by atoms with E-state index >= 15 is 0 Å². The minimum atomic E-state index is -2.30. The van der Waals surface area contributed by atoms with Crippen molar-refractivity contribution in [3.8, 4) is 0 Å². The van der Waals surface area contributed by atoms with E-state index < -0.39 is 6.43 Å². The molecule has 1 aromatic carbocycles. The molecule has 2 rings (SSSR count). The van der Waals surface area contributed by atoms with Crippen LogP contribution in [0, 0.1) is 0 Å². The third kappa shape index (κ3) is 2.87. The zero-order chi connectivity index (χ0) is 13.1. The summed E-state index contributed by atoms with van der Waals surface area (Å²) in [7, 11) is 1.74. The number of rotatable bonds is 3. The number of halogens is 2. The fraction of sp³-hybridized carbons (Fsp3) is 0.571. The Morgan fingerprint density at radius 2 is 2.11 bits per heavy atom. The monoisotopic (exact) mass is 254 g/mol. The minimum Gasteiger partial charge on any atom is -0.323 e. The van der Waals surface area contributed by atoms with Crippen LogP contribution in [0.25, 0.3) is 0 Å². The lowest BCUT2D eigenvalue weighted by Gasteiger charge is -2.31. The summed E-state index contributed by atoms with van der Waals surface area (Å²) in [6.45, 7) is -0.208. The fourth-order valence-electron chi connectivity index (χ4n) is 2.82. The first-order chi connectivity index (χ1) is 8.59. The number of hydrogen-bond donors (Lipinski definition) is 1. The molecule has 1 aromatic rings. The first kappa shape index (κ1) is 13.4. The van der Waals surface area contributed by atoms with Crippen molar-refractivity contribution in [2.75, 3.05) is 13.6 Å². The highest BCUT2D eigenvalue weighted by molar-refractivity contribution is 5.32. The van der Waals surface area contributed by atoms with Gasteiger partial charge in [0, 0.05) is 12.1 Å². The standard InChI is InChI=1S/C14H20F2N2/c1-18(9-13(15)16)12-8-4-6-10-5-2-3-7-11(10)14(12)17/h2-3,5,7,12-14H,4,6,8-9,17H2,1H3. The van der Waals surface area contributed by atoms with Gasteiger partial charge in [-0.05, 0) is 37.4 Å². The quantitative estimate of drug-likeness (QED) is 0.840. The van der Waals surface area contributed by atoms with Crippen LogP contribution < -0.4 is 5.73 Å². The summed E-state index contributed by atoms with van der Waals surface area (Å²) in [5, 5.41) is 0. The van der Waals surface area contributed by atoms with Gasteiger partial charge in [-0.1, -0.05) is 24.3 Å². The number of nitrogens with two attached hydrogens (primary N) is 1. The summed E-state index contributed by atoms with van der Waals surface area (Å²) in [6.07, 6.45) is 0.561. The molecule has 0 amide bonds. The van der Waals surface area contributed by atoms with Gasteiger partial charge in [-0.2, -0.15) is 0 Å². The van der Waals surface area contributed by atoms with Crippen LogP contribution in [-0.2, 0) is 6.42 Å². The number of benzene rings is 1. The molecule has 1 aliphatic carbocycles. The van der Waals surface area contributed by atoms with Crippen LogP contribution in [0.4, 0.5) is 8.78 Å². The van der Waals surface area contributed by atoms with Crippen LogP contribution >= 0.6 is 0 Å². The van der Waals surface area contributed by atoms with Crippen LogP contribution in [0.2, 0.25) is 0 Å². The van der Waals surface area contributed by atoms with E-state index in [1.807, 2.05) is 18.2 Å². The van der Waals surface area contributed by atoms with Gasteiger partial charge in [0.05, 0.1) is 6.54 Å². The van der Waals surface area contributed by atoms with Crippen LogP contribution in [0.15, 0.2) is 24.3 Å². The van der Waals surface area contributed by atoms with Crippen LogP contribution in [-0.4, -0.2) is 31.0 Å². The molecule has 2 unspecified atom stereocenters. The molecule has 2 N–H and O–H groups in total. The SMILES string of the molecule is CN(CC(F)F)C1CCCc2ccccc2C1N. The molecule has 0 saturated heterocycles. The molecule has 0 radical (unpaired) electrons. The third-order valence-corrected chi connectivity index (χ3v) is 3.77. The zero-order valence-electron chi connectivity index (χ0n) is 10.7. The van der Waals surface area contributed by atoms with Crippen molar-refractivity contribution in [3.05, 3.63) is 35.4 Å². The van der Waals surface area contributed by atoms with Gasteiger partial charge in [-0.3, -0.25) is 4.90 Å². The van der Waals surface area contributed by atoms with Gasteiger partial charge in [-0.25, -0.2) is 8.78 Å². The van der Waals surface area contributed by atoms with Crippen LogP contribution in [0.5, 0.6) is 0 Å². The lowest BCUT2D eigenvalue weighted by atomic mass is 9.96. The lowest BCUT2D eigenvalue weighted by molar-refractivity contribution is 0.0718. The second-order valence-corrected chi connectivity index (χ2v) is 5.01. The maximum absolute atomic E-state index is 12.5. The Kier molecular flexibility index (Phi) is 4.30. The molecule has 100 valence electrons. The Balaban J connectivity index is 2.19. The van der Waals surface area contributed by atoms with E-state index in [2.05, 4.69) is 6.07 Å². The average Bonchev–Trinajstić information content (AvgIpc) is 2.49. The largest absolute Gasteiger partial charge is 0.323 e. The maximum atomic E-state index is 12.5. The molecule has 18 heavy (non-hydrogen) atoms. The van der Waals surface area contributed by atoms with Crippen molar-refractivity contribution >= 4 is 0 Å². The summed E-state index contributed by atoms with van der Waals surface area (Å²) in [5.41, 5.74) is 8.65. The van der Waals surface area contributed by atoms with E-state index in [4.69, 9.17) is 5.73 Å². The van der Waals surface area contributed by atoms with E-state index in [1.54, 1.807) is 11.9 Å². The molecular formula is C14H20F2N2. The topological polar surface area (TPSA) is 29.3 Å².